The van der Waals surface area contributed by atoms with Gasteiger partial charge in [0.25, 0.3) is 0 Å². The van der Waals surface area contributed by atoms with Crippen LogP contribution in [-0.4, -0.2) is 44.1 Å². The minimum absolute atomic E-state index is 0.0350. The van der Waals surface area contributed by atoms with Crippen molar-refractivity contribution in [3.63, 3.8) is 0 Å². The van der Waals surface area contributed by atoms with Gasteiger partial charge in [0.1, 0.15) is 5.75 Å². The second-order valence-electron chi connectivity index (χ2n) is 5.30. The first-order valence-corrected chi connectivity index (χ1v) is 7.60. The third-order valence-corrected chi connectivity index (χ3v) is 3.69. The smallest absolute Gasteiger partial charge is 0.243 e. The van der Waals surface area contributed by atoms with Crippen molar-refractivity contribution in [3.05, 3.63) is 35.9 Å². The summed E-state index contributed by atoms with van der Waals surface area (Å²) in [6.45, 7) is 4.25. The molecule has 114 valence electrons. The number of benzene rings is 1. The van der Waals surface area contributed by atoms with Gasteiger partial charge in [-0.15, -0.1) is 0 Å². The van der Waals surface area contributed by atoms with Crippen molar-refractivity contribution in [2.75, 3.05) is 33.3 Å². The summed E-state index contributed by atoms with van der Waals surface area (Å²) in [5.41, 5.74) is 0.989. The summed E-state index contributed by atoms with van der Waals surface area (Å²) < 4.78 is 5.10. The largest absolute Gasteiger partial charge is 0.497 e. The number of methoxy groups -OCH3 is 1. The molecule has 21 heavy (non-hydrogen) atoms. The molecular formula is C17H24N2O2. The molecule has 0 aromatic heterocycles. The maximum atomic E-state index is 11.7. The lowest BCUT2D eigenvalue weighted by molar-refractivity contribution is -0.116. The van der Waals surface area contributed by atoms with E-state index in [1.165, 1.54) is 25.9 Å². The van der Waals surface area contributed by atoms with Crippen LogP contribution in [0.4, 0.5) is 0 Å². The van der Waals surface area contributed by atoms with Crippen molar-refractivity contribution in [1.82, 2.24) is 10.2 Å². The number of carbonyl (C=O) groups excluding carboxylic acids is 1. The second-order valence-corrected chi connectivity index (χ2v) is 5.30. The summed E-state index contributed by atoms with van der Waals surface area (Å²) >= 11 is 0. The number of rotatable bonds is 7. The van der Waals surface area contributed by atoms with Gasteiger partial charge in [0, 0.05) is 12.6 Å². The number of ether oxygens (including phenoxy) is 1. The summed E-state index contributed by atoms with van der Waals surface area (Å²) in [7, 11) is 1.64. The van der Waals surface area contributed by atoms with Crippen molar-refractivity contribution in [3.8, 4) is 5.75 Å². The zero-order valence-electron chi connectivity index (χ0n) is 12.7. The molecule has 1 aliphatic rings. The van der Waals surface area contributed by atoms with Gasteiger partial charge in [-0.2, -0.15) is 0 Å². The van der Waals surface area contributed by atoms with E-state index in [-0.39, 0.29) is 5.91 Å². The molecule has 0 spiro atoms. The van der Waals surface area contributed by atoms with E-state index in [4.69, 9.17) is 4.74 Å². The molecule has 0 radical (unpaired) electrons. The molecular weight excluding hydrogens is 264 g/mol. The average molecular weight is 288 g/mol. The van der Waals surface area contributed by atoms with Crippen molar-refractivity contribution < 1.29 is 9.53 Å². The normalized spacial score (nSPS) is 15.5. The molecule has 0 aliphatic carbocycles. The summed E-state index contributed by atoms with van der Waals surface area (Å²) in [4.78, 5) is 14.2. The van der Waals surface area contributed by atoms with E-state index in [0.717, 1.165) is 30.8 Å². The molecule has 1 saturated heterocycles. The zero-order chi connectivity index (χ0) is 14.9. The first-order valence-electron chi connectivity index (χ1n) is 7.60. The molecule has 0 unspecified atom stereocenters. The molecule has 1 aromatic carbocycles. The zero-order valence-corrected chi connectivity index (χ0v) is 12.7. The Balaban J connectivity index is 1.64. The third-order valence-electron chi connectivity index (χ3n) is 3.69. The van der Waals surface area contributed by atoms with Crippen molar-refractivity contribution >= 4 is 12.0 Å². The van der Waals surface area contributed by atoms with Crippen LogP contribution < -0.4 is 10.1 Å². The standard InChI is InChI=1S/C17H24N2O2/c1-21-16-8-5-15(6-9-16)7-10-17(20)18-11-4-14-19-12-2-3-13-19/h5-10H,2-4,11-14H2,1H3,(H,18,20)/b10-7+. The van der Waals surface area contributed by atoms with Crippen molar-refractivity contribution in [2.24, 2.45) is 0 Å². The Morgan fingerprint density at radius 3 is 2.67 bits per heavy atom. The molecule has 4 nitrogen and oxygen atoms in total. The fraction of sp³-hybridized carbons (Fsp3) is 0.471. The Labute approximate surface area is 126 Å². The van der Waals surface area contributed by atoms with E-state index in [0.29, 0.717) is 0 Å². The van der Waals surface area contributed by atoms with Gasteiger partial charge in [-0.1, -0.05) is 12.1 Å². The monoisotopic (exact) mass is 288 g/mol. The maximum Gasteiger partial charge on any atom is 0.243 e. The fourth-order valence-corrected chi connectivity index (χ4v) is 2.47. The van der Waals surface area contributed by atoms with Crippen LogP contribution in [0.1, 0.15) is 24.8 Å². The summed E-state index contributed by atoms with van der Waals surface area (Å²) in [5, 5.41) is 2.92. The summed E-state index contributed by atoms with van der Waals surface area (Å²) in [6.07, 6.45) is 7.04. The van der Waals surface area contributed by atoms with Crippen molar-refractivity contribution in [1.29, 1.82) is 0 Å². The van der Waals surface area contributed by atoms with Gasteiger partial charge in [0.2, 0.25) is 5.91 Å². The number of nitrogens with one attached hydrogen (secondary N) is 1. The molecule has 1 fully saturated rings. The van der Waals surface area contributed by atoms with Crippen LogP contribution >= 0.6 is 0 Å². The highest BCUT2D eigenvalue weighted by Gasteiger charge is 2.10. The molecule has 1 amide bonds. The Morgan fingerprint density at radius 2 is 2.00 bits per heavy atom. The van der Waals surface area contributed by atoms with E-state index < -0.39 is 0 Å². The topological polar surface area (TPSA) is 41.6 Å². The molecule has 1 heterocycles. The number of hydrogen-bond acceptors (Lipinski definition) is 3. The van der Waals surface area contributed by atoms with Gasteiger partial charge in [-0.25, -0.2) is 0 Å². The van der Waals surface area contributed by atoms with Gasteiger partial charge in [-0.05, 0) is 62.7 Å². The SMILES string of the molecule is COc1ccc(/C=C/C(=O)NCCCN2CCCC2)cc1. The van der Waals surface area contributed by atoms with E-state index in [2.05, 4.69) is 10.2 Å². The van der Waals surface area contributed by atoms with E-state index in [9.17, 15) is 4.79 Å². The lowest BCUT2D eigenvalue weighted by Crippen LogP contribution is -2.27. The highest BCUT2D eigenvalue weighted by atomic mass is 16.5. The predicted molar refractivity (Wildman–Crippen MR) is 85.3 cm³/mol. The van der Waals surface area contributed by atoms with Gasteiger partial charge in [0.15, 0.2) is 0 Å². The number of carbonyl (C=O) groups is 1. The van der Waals surface area contributed by atoms with Crippen LogP contribution in [0.5, 0.6) is 5.75 Å². The fourth-order valence-electron chi connectivity index (χ4n) is 2.47. The van der Waals surface area contributed by atoms with Gasteiger partial charge < -0.3 is 15.0 Å². The van der Waals surface area contributed by atoms with Crippen LogP contribution in [0.15, 0.2) is 30.3 Å². The lowest BCUT2D eigenvalue weighted by atomic mass is 10.2. The number of hydrogen-bond donors (Lipinski definition) is 1. The average Bonchev–Trinajstić information content (AvgIpc) is 3.03. The van der Waals surface area contributed by atoms with Crippen molar-refractivity contribution in [2.45, 2.75) is 19.3 Å². The quantitative estimate of drug-likeness (QED) is 0.618. The number of amides is 1. The molecule has 0 bridgehead atoms. The first kappa shape index (κ1) is 15.6. The molecule has 2 rings (SSSR count). The second kappa shape index (κ2) is 8.47. The minimum atomic E-state index is -0.0350. The third kappa shape index (κ3) is 5.60. The van der Waals surface area contributed by atoms with Gasteiger partial charge >= 0.3 is 0 Å². The van der Waals surface area contributed by atoms with Gasteiger partial charge in [-0.3, -0.25) is 4.79 Å². The molecule has 0 atom stereocenters. The predicted octanol–water partition coefficient (Wildman–Crippen LogP) is 2.31. The van der Waals surface area contributed by atoms with E-state index in [1.54, 1.807) is 13.2 Å². The summed E-state index contributed by atoms with van der Waals surface area (Å²) in [5.74, 6) is 0.783. The highest BCUT2D eigenvalue weighted by Crippen LogP contribution is 2.12. The molecule has 4 heteroatoms. The number of nitrogens with zero attached hydrogens (tertiary/aromatic N) is 1. The Kier molecular flexibility index (Phi) is 6.28. The summed E-state index contributed by atoms with van der Waals surface area (Å²) in [6, 6.07) is 7.62. The lowest BCUT2D eigenvalue weighted by Gasteiger charge is -2.13. The number of likely N-dealkylation sites (tertiary alicyclic amines) is 1. The van der Waals surface area contributed by atoms with E-state index in [1.807, 2.05) is 30.3 Å². The molecule has 0 saturated carbocycles. The Hall–Kier alpha value is -1.81. The molecule has 1 aromatic rings. The van der Waals surface area contributed by atoms with Crippen LogP contribution in [-0.2, 0) is 4.79 Å². The minimum Gasteiger partial charge on any atom is -0.497 e. The van der Waals surface area contributed by atoms with Crippen LogP contribution in [0.2, 0.25) is 0 Å². The molecule has 1 aliphatic heterocycles. The highest BCUT2D eigenvalue weighted by molar-refractivity contribution is 5.91. The van der Waals surface area contributed by atoms with E-state index >= 15 is 0 Å². The van der Waals surface area contributed by atoms with Gasteiger partial charge in [0.05, 0.1) is 7.11 Å². The molecule has 1 N–H and O–H groups in total. The Bertz CT molecular complexity index is 462. The first-order chi connectivity index (χ1) is 10.3. The van der Waals surface area contributed by atoms with Crippen LogP contribution in [0.25, 0.3) is 6.08 Å². The van der Waals surface area contributed by atoms with Crippen LogP contribution in [0, 0.1) is 0 Å². The van der Waals surface area contributed by atoms with Crippen LogP contribution in [0.3, 0.4) is 0 Å². The Morgan fingerprint density at radius 1 is 1.29 bits per heavy atom. The maximum absolute atomic E-state index is 11.7.